The molecule has 0 atom stereocenters. The van der Waals surface area contributed by atoms with Crippen LogP contribution in [0.2, 0.25) is 5.02 Å². The Labute approximate surface area is 133 Å². The van der Waals surface area contributed by atoms with Gasteiger partial charge in [0, 0.05) is 10.5 Å². The third kappa shape index (κ3) is 3.22. The molecule has 0 amide bonds. The third-order valence-electron chi connectivity index (χ3n) is 2.76. The zero-order valence-electron chi connectivity index (χ0n) is 10.8. The van der Waals surface area contributed by atoms with Gasteiger partial charge < -0.3 is 4.74 Å². The van der Waals surface area contributed by atoms with Crippen molar-refractivity contribution in [1.29, 1.82) is 0 Å². The van der Waals surface area contributed by atoms with Crippen molar-refractivity contribution in [3.05, 3.63) is 61.1 Å². The van der Waals surface area contributed by atoms with Crippen LogP contribution in [0.5, 0.6) is 11.5 Å². The molecule has 108 valence electrons. The van der Waals surface area contributed by atoms with Crippen molar-refractivity contribution in [2.24, 2.45) is 0 Å². The molecule has 0 saturated heterocycles. The number of ether oxygens (including phenoxy) is 1. The third-order valence-corrected chi connectivity index (χ3v) is 3.55. The van der Waals surface area contributed by atoms with Gasteiger partial charge in [-0.2, -0.15) is 0 Å². The number of hydrogen-bond acceptors (Lipinski definition) is 4. The summed E-state index contributed by atoms with van der Waals surface area (Å²) in [4.78, 5) is 21.7. The molecule has 0 aliphatic carbocycles. The summed E-state index contributed by atoms with van der Waals surface area (Å²) < 4.78 is 6.15. The van der Waals surface area contributed by atoms with Crippen molar-refractivity contribution in [3.8, 4) is 11.5 Å². The van der Waals surface area contributed by atoms with Crippen LogP contribution in [0.4, 0.5) is 5.69 Å². The highest BCUT2D eigenvalue weighted by molar-refractivity contribution is 9.10. The van der Waals surface area contributed by atoms with Gasteiger partial charge in [-0.1, -0.05) is 33.6 Å². The largest absolute Gasteiger partial charge is 0.449 e. The maximum absolute atomic E-state index is 11.1. The standard InChI is InChI=1S/C14H9BrClNO4/c1-8-5-9(15)6-12(17(19)20)14(8)21-13-4-2-3-11(16)10(13)7-18/h2-7H,1H3. The predicted octanol–water partition coefficient (Wildman–Crippen LogP) is 4.92. The predicted molar refractivity (Wildman–Crippen MR) is 82.4 cm³/mol. The molecular formula is C14H9BrClNO4. The molecule has 0 radical (unpaired) electrons. The van der Waals surface area contributed by atoms with Gasteiger partial charge in [0.25, 0.3) is 0 Å². The van der Waals surface area contributed by atoms with Crippen molar-refractivity contribution in [2.45, 2.75) is 6.92 Å². The molecule has 0 aliphatic rings. The van der Waals surface area contributed by atoms with Gasteiger partial charge in [0.05, 0.1) is 15.5 Å². The second-order valence-corrected chi connectivity index (χ2v) is 5.52. The summed E-state index contributed by atoms with van der Waals surface area (Å²) in [5.74, 6) is 0.250. The quantitative estimate of drug-likeness (QED) is 0.435. The summed E-state index contributed by atoms with van der Waals surface area (Å²) in [5, 5.41) is 11.4. The molecule has 0 fully saturated rings. The molecule has 0 bridgehead atoms. The van der Waals surface area contributed by atoms with E-state index in [0.717, 1.165) is 0 Å². The second-order valence-electron chi connectivity index (χ2n) is 4.20. The number of nitro benzene ring substituents is 1. The van der Waals surface area contributed by atoms with E-state index < -0.39 is 4.92 Å². The fourth-order valence-electron chi connectivity index (χ4n) is 1.81. The van der Waals surface area contributed by atoms with Crippen LogP contribution in [0, 0.1) is 17.0 Å². The van der Waals surface area contributed by atoms with Gasteiger partial charge in [0.2, 0.25) is 5.75 Å². The van der Waals surface area contributed by atoms with Gasteiger partial charge in [-0.25, -0.2) is 0 Å². The van der Waals surface area contributed by atoms with Crippen LogP contribution in [0.1, 0.15) is 15.9 Å². The Bertz CT molecular complexity index is 733. The van der Waals surface area contributed by atoms with Gasteiger partial charge in [0.1, 0.15) is 5.75 Å². The highest BCUT2D eigenvalue weighted by Gasteiger charge is 2.21. The number of hydrogen-bond donors (Lipinski definition) is 0. The second kappa shape index (κ2) is 6.24. The fraction of sp³-hybridized carbons (Fsp3) is 0.0714. The maximum atomic E-state index is 11.1. The van der Waals surface area contributed by atoms with E-state index in [2.05, 4.69) is 15.9 Å². The molecule has 2 aromatic rings. The summed E-state index contributed by atoms with van der Waals surface area (Å²) >= 11 is 9.11. The lowest BCUT2D eigenvalue weighted by molar-refractivity contribution is -0.385. The van der Waals surface area contributed by atoms with E-state index in [9.17, 15) is 14.9 Å². The van der Waals surface area contributed by atoms with Crippen LogP contribution in [0.25, 0.3) is 0 Å². The minimum Gasteiger partial charge on any atom is -0.449 e. The number of nitro groups is 1. The number of carbonyl (C=O) groups excluding carboxylic acids is 1. The van der Waals surface area contributed by atoms with Crippen LogP contribution >= 0.6 is 27.5 Å². The van der Waals surface area contributed by atoms with E-state index in [1.165, 1.54) is 12.1 Å². The topological polar surface area (TPSA) is 69.4 Å². The van der Waals surface area contributed by atoms with E-state index in [4.69, 9.17) is 16.3 Å². The smallest absolute Gasteiger partial charge is 0.312 e. The molecule has 21 heavy (non-hydrogen) atoms. The molecule has 7 heteroatoms. The Hall–Kier alpha value is -1.92. The minimum absolute atomic E-state index is 0.0774. The first kappa shape index (κ1) is 15.5. The lowest BCUT2D eigenvalue weighted by atomic mass is 10.2. The first-order valence-electron chi connectivity index (χ1n) is 5.80. The summed E-state index contributed by atoms with van der Waals surface area (Å²) in [5.41, 5.74) is 0.516. The molecule has 5 nitrogen and oxygen atoms in total. The van der Waals surface area contributed by atoms with Crippen LogP contribution in [-0.2, 0) is 0 Å². The Morgan fingerprint density at radius 1 is 1.38 bits per heavy atom. The average molecular weight is 371 g/mol. The number of nitrogens with zero attached hydrogens (tertiary/aromatic N) is 1. The zero-order chi connectivity index (χ0) is 15.6. The molecule has 0 saturated carbocycles. The van der Waals surface area contributed by atoms with Crippen LogP contribution in [0.15, 0.2) is 34.8 Å². The lowest BCUT2D eigenvalue weighted by Crippen LogP contribution is -1.98. The van der Waals surface area contributed by atoms with Gasteiger partial charge in [-0.05, 0) is 30.7 Å². The van der Waals surface area contributed by atoms with E-state index >= 15 is 0 Å². The Balaban J connectivity index is 2.57. The van der Waals surface area contributed by atoms with Crippen molar-refractivity contribution in [2.75, 3.05) is 0 Å². The van der Waals surface area contributed by atoms with Gasteiger partial charge in [-0.15, -0.1) is 0 Å². The highest BCUT2D eigenvalue weighted by atomic mass is 79.9. The number of rotatable bonds is 4. The number of benzene rings is 2. The Kier molecular flexibility index (Phi) is 4.59. The molecular weight excluding hydrogens is 362 g/mol. The summed E-state index contributed by atoms with van der Waals surface area (Å²) in [6, 6.07) is 7.70. The van der Waals surface area contributed by atoms with Crippen LogP contribution < -0.4 is 4.74 Å². The molecule has 0 unspecified atom stereocenters. The van der Waals surface area contributed by atoms with E-state index in [1.54, 1.807) is 25.1 Å². The summed E-state index contributed by atoms with van der Waals surface area (Å²) in [6.45, 7) is 1.68. The minimum atomic E-state index is -0.543. The van der Waals surface area contributed by atoms with E-state index in [-0.39, 0.29) is 27.8 Å². The van der Waals surface area contributed by atoms with Crippen molar-refractivity contribution >= 4 is 39.5 Å². The molecule has 0 aromatic heterocycles. The van der Waals surface area contributed by atoms with Gasteiger partial charge >= 0.3 is 5.69 Å². The van der Waals surface area contributed by atoms with Gasteiger partial charge in [-0.3, -0.25) is 14.9 Å². The molecule has 0 N–H and O–H groups in total. The molecule has 0 spiro atoms. The van der Waals surface area contributed by atoms with Crippen LogP contribution in [-0.4, -0.2) is 11.2 Å². The number of halogens is 2. The van der Waals surface area contributed by atoms with Crippen molar-refractivity contribution in [3.63, 3.8) is 0 Å². The van der Waals surface area contributed by atoms with Crippen molar-refractivity contribution < 1.29 is 14.5 Å². The summed E-state index contributed by atoms with van der Waals surface area (Å²) in [6.07, 6.45) is 0.553. The molecule has 0 heterocycles. The molecule has 2 rings (SSSR count). The zero-order valence-corrected chi connectivity index (χ0v) is 13.1. The normalized spacial score (nSPS) is 10.2. The average Bonchev–Trinajstić information content (AvgIpc) is 2.41. The first-order chi connectivity index (χ1) is 9.93. The number of aryl methyl sites for hydroxylation is 1. The Morgan fingerprint density at radius 2 is 2.10 bits per heavy atom. The number of aldehydes is 1. The lowest BCUT2D eigenvalue weighted by Gasteiger charge is -2.11. The molecule has 0 aliphatic heterocycles. The maximum Gasteiger partial charge on any atom is 0.312 e. The van der Waals surface area contributed by atoms with E-state index in [1.807, 2.05) is 0 Å². The van der Waals surface area contributed by atoms with Gasteiger partial charge in [0.15, 0.2) is 6.29 Å². The first-order valence-corrected chi connectivity index (χ1v) is 6.97. The van der Waals surface area contributed by atoms with Crippen LogP contribution in [0.3, 0.4) is 0 Å². The SMILES string of the molecule is Cc1cc(Br)cc([N+](=O)[O-])c1Oc1cccc(Cl)c1C=O. The monoisotopic (exact) mass is 369 g/mol. The number of carbonyl (C=O) groups is 1. The highest BCUT2D eigenvalue weighted by Crippen LogP contribution is 2.38. The Morgan fingerprint density at radius 3 is 2.71 bits per heavy atom. The molecule has 2 aromatic carbocycles. The van der Waals surface area contributed by atoms with E-state index in [0.29, 0.717) is 16.3 Å². The van der Waals surface area contributed by atoms with Crippen molar-refractivity contribution in [1.82, 2.24) is 0 Å². The fourth-order valence-corrected chi connectivity index (χ4v) is 2.58. The summed E-state index contributed by atoms with van der Waals surface area (Å²) in [7, 11) is 0.